The van der Waals surface area contributed by atoms with Crippen LogP contribution in [0.5, 0.6) is 0 Å². The molecule has 3 nitrogen and oxygen atoms in total. The molecule has 0 radical (unpaired) electrons. The topological polar surface area (TPSA) is 50.1 Å². The van der Waals surface area contributed by atoms with Crippen LogP contribution in [-0.2, 0) is 0 Å². The lowest BCUT2D eigenvalue weighted by Gasteiger charge is -2.37. The van der Waals surface area contributed by atoms with Crippen molar-refractivity contribution in [2.75, 3.05) is 14.1 Å². The van der Waals surface area contributed by atoms with E-state index >= 15 is 0 Å². The highest BCUT2D eigenvalue weighted by Crippen LogP contribution is 2.31. The Kier molecular flexibility index (Phi) is 3.71. The van der Waals surface area contributed by atoms with E-state index in [1.54, 1.807) is 0 Å². The highest BCUT2D eigenvalue weighted by Gasteiger charge is 2.30. The van der Waals surface area contributed by atoms with Gasteiger partial charge in [0.2, 0.25) is 0 Å². The zero-order chi connectivity index (χ0) is 9.90. The van der Waals surface area contributed by atoms with Gasteiger partial charge in [0.05, 0.1) is 6.17 Å². The molecular weight excluding hydrogens is 162 g/mol. The fraction of sp³-hybridized carbons (Fsp3) is 1.00. The molecule has 0 aliphatic heterocycles. The highest BCUT2D eigenvalue weighted by molar-refractivity contribution is 4.88. The lowest BCUT2D eigenvalue weighted by atomic mass is 9.77. The van der Waals surface area contributed by atoms with Gasteiger partial charge in [-0.05, 0) is 52.6 Å². The maximum atomic E-state index is 6.08. The molecule has 1 aliphatic carbocycles. The third-order valence-corrected chi connectivity index (χ3v) is 3.27. The Morgan fingerprint density at radius 2 is 1.69 bits per heavy atom. The summed E-state index contributed by atoms with van der Waals surface area (Å²) in [5, 5.41) is 6.59. The summed E-state index contributed by atoms with van der Waals surface area (Å²) in [5.41, 5.74) is 6.17. The van der Waals surface area contributed by atoms with E-state index in [-0.39, 0.29) is 5.54 Å². The zero-order valence-electron chi connectivity index (χ0n) is 9.06. The van der Waals surface area contributed by atoms with Crippen molar-refractivity contribution in [1.82, 2.24) is 10.6 Å². The molecule has 78 valence electrons. The van der Waals surface area contributed by atoms with Crippen LogP contribution in [0.2, 0.25) is 0 Å². The lowest BCUT2D eigenvalue weighted by Crippen LogP contribution is -2.49. The van der Waals surface area contributed by atoms with Gasteiger partial charge in [-0.1, -0.05) is 0 Å². The SMILES string of the molecule is CNC(NC)C1CCC(C)(N)CC1. The summed E-state index contributed by atoms with van der Waals surface area (Å²) >= 11 is 0. The Morgan fingerprint density at radius 3 is 2.08 bits per heavy atom. The molecule has 3 heteroatoms. The first kappa shape index (κ1) is 11.0. The minimum absolute atomic E-state index is 0.0858. The molecule has 0 spiro atoms. The van der Waals surface area contributed by atoms with Crippen LogP contribution in [-0.4, -0.2) is 25.8 Å². The largest absolute Gasteiger partial charge is 0.325 e. The molecule has 13 heavy (non-hydrogen) atoms. The summed E-state index contributed by atoms with van der Waals surface area (Å²) in [4.78, 5) is 0. The Balaban J connectivity index is 2.39. The smallest absolute Gasteiger partial charge is 0.0595 e. The quantitative estimate of drug-likeness (QED) is 0.566. The van der Waals surface area contributed by atoms with E-state index in [0.29, 0.717) is 6.17 Å². The van der Waals surface area contributed by atoms with Gasteiger partial charge in [-0.3, -0.25) is 0 Å². The lowest BCUT2D eigenvalue weighted by molar-refractivity contribution is 0.196. The van der Waals surface area contributed by atoms with Gasteiger partial charge in [-0.2, -0.15) is 0 Å². The van der Waals surface area contributed by atoms with Gasteiger partial charge in [-0.15, -0.1) is 0 Å². The molecule has 0 aromatic rings. The van der Waals surface area contributed by atoms with Crippen molar-refractivity contribution in [3.05, 3.63) is 0 Å². The summed E-state index contributed by atoms with van der Waals surface area (Å²) < 4.78 is 0. The molecule has 1 saturated carbocycles. The van der Waals surface area contributed by atoms with Gasteiger partial charge in [0, 0.05) is 5.54 Å². The monoisotopic (exact) mass is 185 g/mol. The summed E-state index contributed by atoms with van der Waals surface area (Å²) in [5.74, 6) is 0.742. The molecule has 1 fully saturated rings. The van der Waals surface area contributed by atoms with Gasteiger partial charge < -0.3 is 16.4 Å². The fourth-order valence-corrected chi connectivity index (χ4v) is 2.25. The third kappa shape index (κ3) is 2.93. The van der Waals surface area contributed by atoms with Crippen LogP contribution in [0, 0.1) is 5.92 Å². The normalized spacial score (nSPS) is 35.3. The zero-order valence-corrected chi connectivity index (χ0v) is 9.06. The summed E-state index contributed by atoms with van der Waals surface area (Å²) in [7, 11) is 4.02. The van der Waals surface area contributed by atoms with E-state index in [1.165, 1.54) is 12.8 Å². The predicted octanol–water partition coefficient (Wildman–Crippen LogP) is 0.659. The molecule has 1 rings (SSSR count). The van der Waals surface area contributed by atoms with Crippen LogP contribution in [0.15, 0.2) is 0 Å². The van der Waals surface area contributed by atoms with Gasteiger partial charge in [0.15, 0.2) is 0 Å². The second-order valence-corrected chi connectivity index (χ2v) is 4.55. The Morgan fingerprint density at radius 1 is 1.23 bits per heavy atom. The van der Waals surface area contributed by atoms with Crippen molar-refractivity contribution in [1.29, 1.82) is 0 Å². The second kappa shape index (κ2) is 4.40. The first-order valence-electron chi connectivity index (χ1n) is 5.22. The molecule has 0 unspecified atom stereocenters. The first-order chi connectivity index (χ1) is 6.09. The second-order valence-electron chi connectivity index (χ2n) is 4.55. The predicted molar refractivity (Wildman–Crippen MR) is 56.5 cm³/mol. The highest BCUT2D eigenvalue weighted by atomic mass is 15.1. The van der Waals surface area contributed by atoms with E-state index in [0.717, 1.165) is 18.8 Å². The molecular formula is C10H23N3. The van der Waals surface area contributed by atoms with Crippen molar-refractivity contribution in [3.63, 3.8) is 0 Å². The molecule has 0 aromatic carbocycles. The Labute approximate surface area is 81.5 Å². The van der Waals surface area contributed by atoms with Gasteiger partial charge in [0.1, 0.15) is 0 Å². The van der Waals surface area contributed by atoms with E-state index in [4.69, 9.17) is 5.73 Å². The van der Waals surface area contributed by atoms with E-state index in [1.807, 2.05) is 14.1 Å². The van der Waals surface area contributed by atoms with Crippen LogP contribution in [0.1, 0.15) is 32.6 Å². The summed E-state index contributed by atoms with van der Waals surface area (Å²) in [6, 6.07) is 0. The van der Waals surface area contributed by atoms with Crippen LogP contribution in [0.25, 0.3) is 0 Å². The minimum atomic E-state index is 0.0858. The van der Waals surface area contributed by atoms with Crippen molar-refractivity contribution in [3.8, 4) is 0 Å². The van der Waals surface area contributed by atoms with Crippen molar-refractivity contribution >= 4 is 0 Å². The molecule has 0 amide bonds. The minimum Gasteiger partial charge on any atom is -0.325 e. The fourth-order valence-electron chi connectivity index (χ4n) is 2.25. The number of hydrogen-bond donors (Lipinski definition) is 3. The van der Waals surface area contributed by atoms with Crippen LogP contribution in [0.4, 0.5) is 0 Å². The molecule has 1 aliphatic rings. The molecule has 0 heterocycles. The van der Waals surface area contributed by atoms with Crippen LogP contribution in [0.3, 0.4) is 0 Å². The summed E-state index contributed by atoms with van der Waals surface area (Å²) in [6.07, 6.45) is 5.23. The van der Waals surface area contributed by atoms with Crippen LogP contribution < -0.4 is 16.4 Å². The molecule has 0 atom stereocenters. The maximum absolute atomic E-state index is 6.08. The van der Waals surface area contributed by atoms with E-state index < -0.39 is 0 Å². The van der Waals surface area contributed by atoms with Crippen molar-refractivity contribution in [2.24, 2.45) is 11.7 Å². The molecule has 4 N–H and O–H groups in total. The van der Waals surface area contributed by atoms with Crippen LogP contribution >= 0.6 is 0 Å². The number of nitrogens with one attached hydrogen (secondary N) is 2. The molecule has 0 saturated heterocycles. The van der Waals surface area contributed by atoms with Crippen molar-refractivity contribution < 1.29 is 0 Å². The average molecular weight is 185 g/mol. The standard InChI is InChI=1S/C10H23N3/c1-10(11)6-4-8(5-7-10)9(12-2)13-3/h8-9,12-13H,4-7,11H2,1-3H3. The molecule has 0 bridgehead atoms. The number of nitrogens with two attached hydrogens (primary N) is 1. The van der Waals surface area contributed by atoms with E-state index in [2.05, 4.69) is 17.6 Å². The summed E-state index contributed by atoms with van der Waals surface area (Å²) in [6.45, 7) is 2.16. The Hall–Kier alpha value is -0.120. The number of rotatable bonds is 3. The Bertz CT molecular complexity index is 142. The first-order valence-corrected chi connectivity index (χ1v) is 5.22. The van der Waals surface area contributed by atoms with E-state index in [9.17, 15) is 0 Å². The maximum Gasteiger partial charge on any atom is 0.0595 e. The van der Waals surface area contributed by atoms with Gasteiger partial charge in [-0.25, -0.2) is 0 Å². The van der Waals surface area contributed by atoms with Crippen molar-refractivity contribution in [2.45, 2.75) is 44.3 Å². The molecule has 0 aromatic heterocycles. The van der Waals surface area contributed by atoms with Gasteiger partial charge >= 0.3 is 0 Å². The average Bonchev–Trinajstić information content (AvgIpc) is 2.09. The number of hydrogen-bond acceptors (Lipinski definition) is 3. The third-order valence-electron chi connectivity index (χ3n) is 3.27. The van der Waals surface area contributed by atoms with Gasteiger partial charge in [0.25, 0.3) is 0 Å².